The van der Waals surface area contributed by atoms with Crippen LogP contribution in [0.3, 0.4) is 0 Å². The molecule has 0 aliphatic rings. The normalized spacial score (nSPS) is 12.3. The number of nitrogens with zero attached hydrogens (tertiary/aromatic N) is 3. The van der Waals surface area contributed by atoms with Crippen molar-refractivity contribution in [3.63, 3.8) is 0 Å². The van der Waals surface area contributed by atoms with Gasteiger partial charge in [0.25, 0.3) is 10.0 Å². The summed E-state index contributed by atoms with van der Waals surface area (Å²) < 4.78 is 51.6. The fraction of sp³-hybridized carbons (Fsp3) is 0.192. The highest BCUT2D eigenvalue weighted by Crippen LogP contribution is 2.38. The van der Waals surface area contributed by atoms with Crippen LogP contribution >= 0.6 is 11.6 Å². The molecular formula is C26H25ClFN3O3S. The van der Waals surface area contributed by atoms with E-state index < -0.39 is 21.9 Å². The zero-order valence-corrected chi connectivity index (χ0v) is 20.7. The van der Waals surface area contributed by atoms with E-state index in [4.69, 9.17) is 16.3 Å². The zero-order chi connectivity index (χ0) is 24.8. The molecule has 0 amide bonds. The second-order valence-electron chi connectivity index (χ2n) is 7.92. The molecule has 0 spiro atoms. The number of benzene rings is 3. The summed E-state index contributed by atoms with van der Waals surface area (Å²) >= 11 is 5.97. The lowest BCUT2D eigenvalue weighted by atomic mass is 10.1. The molecule has 6 nitrogen and oxygen atoms in total. The predicted molar refractivity (Wildman–Crippen MR) is 135 cm³/mol. The van der Waals surface area contributed by atoms with Crippen LogP contribution in [0.4, 0.5) is 10.1 Å². The number of rotatable bonds is 10. The van der Waals surface area contributed by atoms with Crippen molar-refractivity contribution < 1.29 is 17.5 Å². The molecule has 4 rings (SSSR count). The Kier molecular flexibility index (Phi) is 7.73. The Morgan fingerprint density at radius 2 is 1.77 bits per heavy atom. The first-order chi connectivity index (χ1) is 16.9. The minimum absolute atomic E-state index is 0.00994. The Labute approximate surface area is 209 Å². The van der Waals surface area contributed by atoms with Crippen LogP contribution in [-0.4, -0.2) is 24.6 Å². The maximum Gasteiger partial charge on any atom is 0.264 e. The minimum Gasteiger partial charge on any atom is -0.493 e. The van der Waals surface area contributed by atoms with E-state index in [1.165, 1.54) is 42.5 Å². The number of halogens is 2. The van der Waals surface area contributed by atoms with Gasteiger partial charge in [-0.2, -0.15) is 0 Å². The molecule has 0 saturated carbocycles. The fourth-order valence-corrected chi connectivity index (χ4v) is 5.60. The minimum atomic E-state index is -4.14. The number of sulfonamides is 1. The van der Waals surface area contributed by atoms with Gasteiger partial charge in [0.1, 0.15) is 11.6 Å². The first kappa shape index (κ1) is 24.8. The molecule has 0 bridgehead atoms. The molecule has 0 fully saturated rings. The van der Waals surface area contributed by atoms with E-state index in [-0.39, 0.29) is 10.6 Å². The number of para-hydroxylation sites is 2. The number of aryl methyl sites for hydroxylation is 1. The monoisotopic (exact) mass is 513 g/mol. The van der Waals surface area contributed by atoms with Gasteiger partial charge in [-0.15, -0.1) is 0 Å². The van der Waals surface area contributed by atoms with Gasteiger partial charge in [-0.25, -0.2) is 17.8 Å². The van der Waals surface area contributed by atoms with Crippen LogP contribution in [0.25, 0.3) is 0 Å². The summed E-state index contributed by atoms with van der Waals surface area (Å²) in [5, 5.41) is 0.406. The molecule has 3 aromatic carbocycles. The summed E-state index contributed by atoms with van der Waals surface area (Å²) in [6, 6.07) is 18.1. The number of hydrogen-bond donors (Lipinski definition) is 0. The first-order valence-electron chi connectivity index (χ1n) is 11.1. The summed E-state index contributed by atoms with van der Waals surface area (Å²) in [7, 11) is -4.14. The zero-order valence-electron chi connectivity index (χ0n) is 19.1. The van der Waals surface area contributed by atoms with Crippen molar-refractivity contribution in [2.24, 2.45) is 0 Å². The third-order valence-electron chi connectivity index (χ3n) is 5.56. The number of ether oxygens (including phenoxy) is 1. The molecule has 182 valence electrons. The first-order valence-corrected chi connectivity index (χ1v) is 12.9. The van der Waals surface area contributed by atoms with Crippen LogP contribution in [0.15, 0.2) is 96.4 Å². The standard InChI is InChI=1S/C26H25ClFN3O3S/c1-20(23-7-2-5-10-26(23)34-18-6-16-30-17-15-29-19-30)31(25-9-4-3-8-24(25)28)35(32,33)22-13-11-21(27)12-14-22/h2-5,7-15,17,19-20H,6,16,18H2,1H3. The second-order valence-corrected chi connectivity index (χ2v) is 10.2. The molecule has 1 heterocycles. The Hall–Kier alpha value is -3.36. The van der Waals surface area contributed by atoms with E-state index in [0.717, 1.165) is 17.3 Å². The molecule has 0 aliphatic heterocycles. The highest BCUT2D eigenvalue weighted by molar-refractivity contribution is 7.92. The van der Waals surface area contributed by atoms with Crippen LogP contribution in [0.1, 0.15) is 24.9 Å². The van der Waals surface area contributed by atoms with Gasteiger partial charge in [-0.3, -0.25) is 4.31 Å². The summed E-state index contributed by atoms with van der Waals surface area (Å²) in [5.41, 5.74) is 0.570. The Balaban J connectivity index is 1.67. The van der Waals surface area contributed by atoms with Crippen molar-refractivity contribution in [1.82, 2.24) is 9.55 Å². The maximum absolute atomic E-state index is 14.9. The Morgan fingerprint density at radius 1 is 1.06 bits per heavy atom. The largest absolute Gasteiger partial charge is 0.493 e. The lowest BCUT2D eigenvalue weighted by Crippen LogP contribution is -2.34. The van der Waals surface area contributed by atoms with Gasteiger partial charge < -0.3 is 9.30 Å². The van der Waals surface area contributed by atoms with E-state index in [1.54, 1.807) is 43.7 Å². The molecule has 9 heteroatoms. The van der Waals surface area contributed by atoms with E-state index in [2.05, 4.69) is 4.98 Å². The highest BCUT2D eigenvalue weighted by atomic mass is 35.5. The van der Waals surface area contributed by atoms with Crippen LogP contribution in [0.2, 0.25) is 5.02 Å². The van der Waals surface area contributed by atoms with E-state index >= 15 is 0 Å². The van der Waals surface area contributed by atoms with Gasteiger partial charge in [0.05, 0.1) is 29.6 Å². The predicted octanol–water partition coefficient (Wildman–Crippen LogP) is 6.10. The quantitative estimate of drug-likeness (QED) is 0.240. The van der Waals surface area contributed by atoms with Crippen LogP contribution in [0, 0.1) is 5.82 Å². The van der Waals surface area contributed by atoms with Crippen molar-refractivity contribution >= 4 is 27.3 Å². The average molecular weight is 514 g/mol. The number of aromatic nitrogens is 2. The maximum atomic E-state index is 14.9. The summed E-state index contributed by atoms with van der Waals surface area (Å²) in [6.45, 7) is 2.88. The van der Waals surface area contributed by atoms with Gasteiger partial charge >= 0.3 is 0 Å². The molecule has 1 unspecified atom stereocenters. The molecule has 1 atom stereocenters. The van der Waals surface area contributed by atoms with E-state index in [0.29, 0.717) is 22.9 Å². The summed E-state index contributed by atoms with van der Waals surface area (Å²) in [6.07, 6.45) is 6.07. The summed E-state index contributed by atoms with van der Waals surface area (Å²) in [4.78, 5) is 4.04. The van der Waals surface area contributed by atoms with Gasteiger partial charge in [0, 0.05) is 29.5 Å². The van der Waals surface area contributed by atoms with Crippen molar-refractivity contribution in [3.8, 4) is 5.75 Å². The molecular weight excluding hydrogens is 489 g/mol. The highest BCUT2D eigenvalue weighted by Gasteiger charge is 2.33. The molecule has 0 aliphatic carbocycles. The lowest BCUT2D eigenvalue weighted by molar-refractivity contribution is 0.297. The molecule has 0 saturated heterocycles. The van der Waals surface area contributed by atoms with Gasteiger partial charge in [-0.1, -0.05) is 41.9 Å². The Morgan fingerprint density at radius 3 is 2.49 bits per heavy atom. The topological polar surface area (TPSA) is 64.4 Å². The van der Waals surface area contributed by atoms with Crippen LogP contribution < -0.4 is 9.04 Å². The average Bonchev–Trinajstić information content (AvgIpc) is 3.37. The van der Waals surface area contributed by atoms with Gasteiger partial charge in [0.2, 0.25) is 0 Å². The molecule has 1 aromatic heterocycles. The summed E-state index contributed by atoms with van der Waals surface area (Å²) in [5.74, 6) is -0.103. The van der Waals surface area contributed by atoms with Crippen molar-refractivity contribution in [2.45, 2.75) is 30.8 Å². The molecule has 0 N–H and O–H groups in total. The third-order valence-corrected chi connectivity index (χ3v) is 7.71. The smallest absolute Gasteiger partial charge is 0.264 e. The molecule has 0 radical (unpaired) electrons. The van der Waals surface area contributed by atoms with Gasteiger partial charge in [-0.05, 0) is 55.8 Å². The number of anilines is 1. The van der Waals surface area contributed by atoms with Crippen LogP contribution in [0.5, 0.6) is 5.75 Å². The third kappa shape index (κ3) is 5.66. The van der Waals surface area contributed by atoms with Crippen LogP contribution in [-0.2, 0) is 16.6 Å². The fourth-order valence-electron chi connectivity index (χ4n) is 3.83. The SMILES string of the molecule is CC(c1ccccc1OCCCn1ccnc1)N(c1ccccc1F)S(=O)(=O)c1ccc(Cl)cc1. The Bertz CT molecular complexity index is 1360. The van der Waals surface area contributed by atoms with E-state index in [1.807, 2.05) is 16.8 Å². The van der Waals surface area contributed by atoms with Gasteiger partial charge in [0.15, 0.2) is 0 Å². The molecule has 4 aromatic rings. The number of imidazole rings is 1. The lowest BCUT2D eigenvalue weighted by Gasteiger charge is -2.32. The van der Waals surface area contributed by atoms with Crippen molar-refractivity contribution in [1.29, 1.82) is 0 Å². The number of hydrogen-bond acceptors (Lipinski definition) is 4. The second kappa shape index (κ2) is 10.9. The van der Waals surface area contributed by atoms with Crippen molar-refractivity contribution in [3.05, 3.63) is 108 Å². The molecule has 35 heavy (non-hydrogen) atoms. The van der Waals surface area contributed by atoms with Crippen molar-refractivity contribution in [2.75, 3.05) is 10.9 Å². The van der Waals surface area contributed by atoms with E-state index in [9.17, 15) is 12.8 Å².